The van der Waals surface area contributed by atoms with Crippen LogP contribution in [-0.4, -0.2) is 50.5 Å². The van der Waals surface area contributed by atoms with E-state index in [-0.39, 0.29) is 42.0 Å². The average Bonchev–Trinajstić information content (AvgIpc) is 3.28. The maximum atomic E-state index is 12.5. The number of carbonyl (C=O) groups excluding carboxylic acids is 2. The summed E-state index contributed by atoms with van der Waals surface area (Å²) in [6, 6.07) is 9.96. The first kappa shape index (κ1) is 23.4. The van der Waals surface area contributed by atoms with Crippen LogP contribution in [-0.2, 0) is 22.6 Å². The quantitative estimate of drug-likeness (QED) is 0.453. The molecule has 0 saturated heterocycles. The van der Waals surface area contributed by atoms with Gasteiger partial charge in [0.05, 0.1) is 40.5 Å². The fourth-order valence-electron chi connectivity index (χ4n) is 2.90. The maximum absolute atomic E-state index is 12.5. The van der Waals surface area contributed by atoms with E-state index < -0.39 is 5.97 Å². The number of hydrogen-bond donors (Lipinski definition) is 1. The molecule has 174 valence electrons. The van der Waals surface area contributed by atoms with E-state index in [0.29, 0.717) is 22.9 Å². The number of amides is 1. The van der Waals surface area contributed by atoms with Crippen LogP contribution in [0.1, 0.15) is 22.1 Å². The van der Waals surface area contributed by atoms with Gasteiger partial charge in [0.25, 0.3) is 5.89 Å². The van der Waals surface area contributed by atoms with Crippen molar-refractivity contribution in [2.45, 2.75) is 13.0 Å². The van der Waals surface area contributed by atoms with E-state index >= 15 is 0 Å². The summed E-state index contributed by atoms with van der Waals surface area (Å²) in [7, 11) is 5.84. The summed E-state index contributed by atoms with van der Waals surface area (Å²) in [5.41, 5.74) is 0.651. The van der Waals surface area contributed by atoms with E-state index in [1.165, 1.54) is 40.6 Å². The van der Waals surface area contributed by atoms with Crippen molar-refractivity contribution in [2.24, 2.45) is 0 Å². The Labute approximate surface area is 189 Å². The first-order chi connectivity index (χ1) is 16.0. The second-order valence-corrected chi connectivity index (χ2v) is 6.51. The third-order valence-electron chi connectivity index (χ3n) is 4.46. The topological polar surface area (TPSA) is 131 Å². The maximum Gasteiger partial charge on any atom is 0.342 e. The van der Waals surface area contributed by atoms with Gasteiger partial charge in [0, 0.05) is 12.1 Å². The minimum absolute atomic E-state index is 0.0304. The van der Waals surface area contributed by atoms with E-state index in [2.05, 4.69) is 15.5 Å². The molecule has 3 rings (SSSR count). The molecule has 2 aromatic carbocycles. The summed E-state index contributed by atoms with van der Waals surface area (Å²) < 4.78 is 31.2. The van der Waals surface area contributed by atoms with Gasteiger partial charge in [0.15, 0.2) is 23.9 Å². The molecule has 0 saturated carbocycles. The monoisotopic (exact) mass is 457 g/mol. The van der Waals surface area contributed by atoms with Gasteiger partial charge < -0.3 is 33.5 Å². The van der Waals surface area contributed by atoms with Gasteiger partial charge in [-0.05, 0) is 12.1 Å². The molecule has 3 aromatic rings. The number of aromatic nitrogens is 2. The Balaban J connectivity index is 1.61. The van der Waals surface area contributed by atoms with E-state index in [1.807, 2.05) is 0 Å². The van der Waals surface area contributed by atoms with Crippen LogP contribution in [0.25, 0.3) is 0 Å². The standard InChI is InChI=1S/C22H23N3O8/c1-28-15-8-6-5-7-14(15)23-20(26)11-19-24-21(33-25-19)12-32-22(27)13-9-17(30-3)18(31-4)10-16(13)29-2/h5-10H,11-12H2,1-4H3,(H,23,26). The Morgan fingerprint density at radius 1 is 0.909 bits per heavy atom. The normalized spacial score (nSPS) is 10.3. The summed E-state index contributed by atoms with van der Waals surface area (Å²) in [5, 5.41) is 6.46. The highest BCUT2D eigenvalue weighted by Gasteiger charge is 2.20. The zero-order valence-electron chi connectivity index (χ0n) is 18.5. The van der Waals surface area contributed by atoms with Crippen LogP contribution < -0.4 is 24.3 Å². The Morgan fingerprint density at radius 3 is 2.27 bits per heavy atom. The van der Waals surface area contributed by atoms with Crippen LogP contribution in [0.4, 0.5) is 5.69 Å². The van der Waals surface area contributed by atoms with Crippen molar-refractivity contribution >= 4 is 17.6 Å². The molecule has 0 atom stereocenters. The molecule has 1 N–H and O–H groups in total. The molecule has 33 heavy (non-hydrogen) atoms. The van der Waals surface area contributed by atoms with E-state index in [4.69, 9.17) is 28.2 Å². The number of rotatable bonds is 10. The molecule has 0 aliphatic heterocycles. The lowest BCUT2D eigenvalue weighted by atomic mass is 10.1. The molecule has 1 amide bonds. The Hall–Kier alpha value is -4.28. The lowest BCUT2D eigenvalue weighted by molar-refractivity contribution is -0.115. The number of methoxy groups -OCH3 is 4. The smallest absolute Gasteiger partial charge is 0.342 e. The first-order valence-electron chi connectivity index (χ1n) is 9.70. The number of carbonyl (C=O) groups is 2. The van der Waals surface area contributed by atoms with Crippen LogP contribution in [0.15, 0.2) is 40.9 Å². The number of hydrogen-bond acceptors (Lipinski definition) is 10. The van der Waals surface area contributed by atoms with E-state index in [0.717, 1.165) is 0 Å². The van der Waals surface area contributed by atoms with Gasteiger partial charge in [0.2, 0.25) is 5.91 Å². The summed E-state index contributed by atoms with van der Waals surface area (Å²) in [6.07, 6.45) is -0.140. The van der Waals surface area contributed by atoms with Gasteiger partial charge >= 0.3 is 5.97 Å². The number of ether oxygens (including phenoxy) is 5. The van der Waals surface area contributed by atoms with Crippen LogP contribution >= 0.6 is 0 Å². The highest BCUT2D eigenvalue weighted by molar-refractivity contribution is 5.94. The van der Waals surface area contributed by atoms with Gasteiger partial charge in [-0.25, -0.2) is 4.79 Å². The SMILES string of the molecule is COc1ccccc1NC(=O)Cc1noc(COC(=O)c2cc(OC)c(OC)cc2OC)n1. The molecule has 0 aliphatic carbocycles. The third kappa shape index (κ3) is 5.70. The molecule has 1 aromatic heterocycles. The molecule has 11 nitrogen and oxygen atoms in total. The second kappa shape index (κ2) is 10.8. The largest absolute Gasteiger partial charge is 0.496 e. The molecule has 0 fully saturated rings. The highest BCUT2D eigenvalue weighted by Crippen LogP contribution is 2.35. The molecule has 0 unspecified atom stereocenters. The summed E-state index contributed by atoms with van der Waals surface area (Å²) in [5.74, 6) is 0.625. The molecule has 1 heterocycles. The fraction of sp³-hybridized carbons (Fsp3) is 0.273. The molecule has 0 aliphatic rings. The number of esters is 1. The number of anilines is 1. The van der Waals surface area contributed by atoms with Crippen molar-refractivity contribution in [1.29, 1.82) is 0 Å². The Bertz CT molecular complexity index is 1130. The summed E-state index contributed by atoms with van der Waals surface area (Å²) >= 11 is 0. The minimum atomic E-state index is -0.693. The number of para-hydroxylation sites is 2. The molecule has 11 heteroatoms. The van der Waals surface area contributed by atoms with Gasteiger partial charge in [-0.15, -0.1) is 0 Å². The predicted molar refractivity (Wildman–Crippen MR) is 115 cm³/mol. The molecule has 0 bridgehead atoms. The van der Waals surface area contributed by atoms with Crippen molar-refractivity contribution in [3.05, 3.63) is 53.7 Å². The highest BCUT2D eigenvalue weighted by atomic mass is 16.6. The van der Waals surface area contributed by atoms with Crippen molar-refractivity contribution in [1.82, 2.24) is 10.1 Å². The third-order valence-corrected chi connectivity index (χ3v) is 4.46. The lowest BCUT2D eigenvalue weighted by Crippen LogP contribution is -2.15. The van der Waals surface area contributed by atoms with Crippen LogP contribution in [0.3, 0.4) is 0 Å². The van der Waals surface area contributed by atoms with Crippen LogP contribution in [0.5, 0.6) is 23.0 Å². The first-order valence-corrected chi connectivity index (χ1v) is 9.70. The number of benzene rings is 2. The average molecular weight is 457 g/mol. The minimum Gasteiger partial charge on any atom is -0.496 e. The molecular weight excluding hydrogens is 434 g/mol. The summed E-state index contributed by atoms with van der Waals surface area (Å²) in [4.78, 5) is 28.9. The number of nitrogens with one attached hydrogen (secondary N) is 1. The van der Waals surface area contributed by atoms with Gasteiger partial charge in [-0.3, -0.25) is 4.79 Å². The van der Waals surface area contributed by atoms with E-state index in [9.17, 15) is 9.59 Å². The molecular formula is C22H23N3O8. The van der Waals surface area contributed by atoms with Crippen molar-refractivity contribution in [2.75, 3.05) is 33.8 Å². The molecule has 0 spiro atoms. The summed E-state index contributed by atoms with van der Waals surface area (Å²) in [6.45, 7) is -0.294. The zero-order valence-corrected chi connectivity index (χ0v) is 18.5. The Kier molecular flexibility index (Phi) is 7.68. The fourth-order valence-corrected chi connectivity index (χ4v) is 2.90. The zero-order chi connectivity index (χ0) is 23.8. The van der Waals surface area contributed by atoms with Gasteiger partial charge in [-0.2, -0.15) is 4.98 Å². The Morgan fingerprint density at radius 2 is 1.58 bits per heavy atom. The second-order valence-electron chi connectivity index (χ2n) is 6.51. The lowest BCUT2D eigenvalue weighted by Gasteiger charge is -2.13. The van der Waals surface area contributed by atoms with Crippen molar-refractivity contribution in [3.8, 4) is 23.0 Å². The van der Waals surface area contributed by atoms with Gasteiger partial charge in [0.1, 0.15) is 17.1 Å². The van der Waals surface area contributed by atoms with E-state index in [1.54, 1.807) is 24.3 Å². The molecule has 0 radical (unpaired) electrons. The van der Waals surface area contributed by atoms with Crippen LogP contribution in [0.2, 0.25) is 0 Å². The van der Waals surface area contributed by atoms with Crippen molar-refractivity contribution < 1.29 is 37.8 Å². The van der Waals surface area contributed by atoms with Crippen molar-refractivity contribution in [3.63, 3.8) is 0 Å². The van der Waals surface area contributed by atoms with Crippen LogP contribution in [0, 0.1) is 0 Å². The number of nitrogens with zero attached hydrogens (tertiary/aromatic N) is 2. The predicted octanol–water partition coefficient (Wildman–Crippen LogP) is 2.64. The van der Waals surface area contributed by atoms with Gasteiger partial charge in [-0.1, -0.05) is 17.3 Å².